The zero-order valence-corrected chi connectivity index (χ0v) is 19.9. The Labute approximate surface area is 206 Å². The molecule has 0 N–H and O–H groups in total. The van der Waals surface area contributed by atoms with Crippen molar-refractivity contribution < 1.29 is 22.4 Å². The maximum atomic E-state index is 13.9. The number of benzene rings is 2. The Hall–Kier alpha value is -3.56. The van der Waals surface area contributed by atoms with Crippen LogP contribution in [0.2, 0.25) is 0 Å². The predicted molar refractivity (Wildman–Crippen MR) is 128 cm³/mol. The van der Waals surface area contributed by atoms with Crippen LogP contribution in [0.1, 0.15) is 24.8 Å². The number of piperidine rings is 1. The summed E-state index contributed by atoms with van der Waals surface area (Å²) in [6.45, 7) is 0.222. The van der Waals surface area contributed by atoms with E-state index in [1.54, 1.807) is 17.0 Å². The zero-order chi connectivity index (χ0) is 25.2. The summed E-state index contributed by atoms with van der Waals surface area (Å²) in [5.41, 5.74) is 9.70. The fraction of sp³-hybridized carbons (Fsp3) is 0.400. The summed E-state index contributed by atoms with van der Waals surface area (Å²) in [6.07, 6.45) is 2.74. The molecule has 3 unspecified atom stereocenters. The third kappa shape index (κ3) is 3.53. The van der Waals surface area contributed by atoms with E-state index in [-0.39, 0.29) is 63.9 Å². The first-order valence-electron chi connectivity index (χ1n) is 11.8. The van der Waals surface area contributed by atoms with Crippen molar-refractivity contribution in [1.29, 1.82) is 0 Å². The largest absolute Gasteiger partial charge is 0.333 e. The third-order valence-electron chi connectivity index (χ3n) is 8.02. The molecule has 2 saturated carbocycles. The summed E-state index contributed by atoms with van der Waals surface area (Å²) < 4.78 is 39.8. The number of azide groups is 1. The number of sulfone groups is 1. The molecular formula is C25H22FN5O4S. The predicted octanol–water partition coefficient (Wildman–Crippen LogP) is 4.27. The highest BCUT2D eigenvalue weighted by atomic mass is 32.2. The van der Waals surface area contributed by atoms with Gasteiger partial charge in [-0.3, -0.25) is 14.6 Å². The minimum absolute atomic E-state index is 0.0272. The van der Waals surface area contributed by atoms with Crippen molar-refractivity contribution in [3.8, 4) is 0 Å². The van der Waals surface area contributed by atoms with E-state index >= 15 is 0 Å². The second-order valence-electron chi connectivity index (χ2n) is 9.98. The van der Waals surface area contributed by atoms with Gasteiger partial charge in [0.25, 0.3) is 0 Å². The number of fused-ring (bicyclic) bond motifs is 6. The molecule has 2 aromatic rings. The van der Waals surface area contributed by atoms with Gasteiger partial charge in [0, 0.05) is 29.1 Å². The molecule has 1 amide bonds. The number of carbonyl (C=O) groups excluding carboxylic acids is 2. The molecule has 0 radical (unpaired) electrons. The number of aliphatic imine (C=N–C) groups is 1. The van der Waals surface area contributed by atoms with Crippen LogP contribution in [0, 0.1) is 29.5 Å². The number of hydrogen-bond acceptors (Lipinski definition) is 6. The smallest absolute Gasteiger partial charge is 0.239 e. The molecule has 184 valence electrons. The standard InChI is InChI=1S/C25H22FN5O4S/c26-16-5-1-13(2-6-16)11-31-23-15-4-3-14(9-15)21(23)24(32)22(25(31)33)19-12-36(34,35)20-10-17(29-30-27)7-8-18(20)28-19/h1-2,5-8,10,14-15,21-23H,3-4,9,11-12H2/t14-,15+,21?,22?,23?/m0/s1. The van der Waals surface area contributed by atoms with Crippen molar-refractivity contribution in [2.24, 2.45) is 33.8 Å². The minimum Gasteiger partial charge on any atom is -0.333 e. The first kappa shape index (κ1) is 22.9. The average Bonchev–Trinajstić information content (AvgIpc) is 3.46. The maximum absolute atomic E-state index is 13.9. The summed E-state index contributed by atoms with van der Waals surface area (Å²) in [7, 11) is -3.92. The number of Topliss-reactive ketones (excluding diaryl/α,β-unsaturated/α-hetero) is 1. The van der Waals surface area contributed by atoms with E-state index < -0.39 is 27.4 Å². The first-order valence-corrected chi connectivity index (χ1v) is 13.5. The van der Waals surface area contributed by atoms with Gasteiger partial charge in [-0.25, -0.2) is 12.8 Å². The average molecular weight is 508 g/mol. The summed E-state index contributed by atoms with van der Waals surface area (Å²) in [4.78, 5) is 36.5. The highest BCUT2D eigenvalue weighted by Gasteiger charge is 2.60. The van der Waals surface area contributed by atoms with Crippen LogP contribution >= 0.6 is 0 Å². The van der Waals surface area contributed by atoms with E-state index in [2.05, 4.69) is 15.0 Å². The number of rotatable bonds is 4. The van der Waals surface area contributed by atoms with Crippen molar-refractivity contribution in [1.82, 2.24) is 4.90 Å². The lowest BCUT2D eigenvalue weighted by Gasteiger charge is -2.46. The molecule has 5 atom stereocenters. The van der Waals surface area contributed by atoms with E-state index in [0.29, 0.717) is 0 Å². The molecule has 2 aliphatic carbocycles. The minimum atomic E-state index is -3.92. The van der Waals surface area contributed by atoms with Gasteiger partial charge in [0.15, 0.2) is 15.6 Å². The summed E-state index contributed by atoms with van der Waals surface area (Å²) >= 11 is 0. The van der Waals surface area contributed by atoms with Crippen LogP contribution in [0.4, 0.5) is 15.8 Å². The highest BCUT2D eigenvalue weighted by Crippen LogP contribution is 2.54. The van der Waals surface area contributed by atoms with Crippen LogP contribution in [0.15, 0.2) is 57.5 Å². The van der Waals surface area contributed by atoms with Crippen LogP contribution in [0.25, 0.3) is 10.4 Å². The lowest BCUT2D eigenvalue weighted by molar-refractivity contribution is -0.153. The Morgan fingerprint density at radius 1 is 1.11 bits per heavy atom. The molecule has 2 aliphatic heterocycles. The molecule has 2 bridgehead atoms. The van der Waals surface area contributed by atoms with Gasteiger partial charge in [-0.2, -0.15) is 0 Å². The lowest BCUT2D eigenvalue weighted by Crippen LogP contribution is -2.61. The maximum Gasteiger partial charge on any atom is 0.239 e. The Morgan fingerprint density at radius 3 is 2.61 bits per heavy atom. The topological polar surface area (TPSA) is 133 Å². The Kier molecular flexibility index (Phi) is 5.24. The Balaban J connectivity index is 1.42. The molecule has 2 aromatic carbocycles. The lowest BCUT2D eigenvalue weighted by atomic mass is 9.72. The summed E-state index contributed by atoms with van der Waals surface area (Å²) in [5, 5.41) is 3.46. The monoisotopic (exact) mass is 507 g/mol. The Morgan fingerprint density at radius 2 is 1.86 bits per heavy atom. The van der Waals surface area contributed by atoms with Crippen LogP contribution in [0.5, 0.6) is 0 Å². The molecule has 3 fully saturated rings. The quantitative estimate of drug-likeness (QED) is 0.264. The van der Waals surface area contributed by atoms with Gasteiger partial charge in [-0.1, -0.05) is 23.3 Å². The number of nitrogens with zero attached hydrogens (tertiary/aromatic N) is 5. The number of likely N-dealkylation sites (tertiary alicyclic amines) is 1. The molecule has 11 heteroatoms. The van der Waals surface area contributed by atoms with Gasteiger partial charge in [-0.15, -0.1) is 0 Å². The van der Waals surface area contributed by atoms with Gasteiger partial charge in [0.2, 0.25) is 5.91 Å². The van der Waals surface area contributed by atoms with Crippen LogP contribution in [0.3, 0.4) is 0 Å². The van der Waals surface area contributed by atoms with E-state index in [4.69, 9.17) is 5.53 Å². The van der Waals surface area contributed by atoms with Gasteiger partial charge < -0.3 is 4.90 Å². The van der Waals surface area contributed by atoms with Crippen molar-refractivity contribution in [3.05, 3.63) is 64.3 Å². The Bertz CT molecular complexity index is 1480. The van der Waals surface area contributed by atoms with E-state index in [0.717, 1.165) is 24.8 Å². The van der Waals surface area contributed by atoms with E-state index in [9.17, 15) is 22.4 Å². The fourth-order valence-electron chi connectivity index (χ4n) is 6.58. The van der Waals surface area contributed by atoms with E-state index in [1.807, 2.05) is 0 Å². The molecule has 6 rings (SSSR count). The van der Waals surface area contributed by atoms with Crippen molar-refractivity contribution >= 4 is 38.6 Å². The number of hydrogen-bond donors (Lipinski definition) is 0. The fourth-order valence-corrected chi connectivity index (χ4v) is 8.09. The highest BCUT2D eigenvalue weighted by molar-refractivity contribution is 7.92. The van der Waals surface area contributed by atoms with Crippen molar-refractivity contribution in [2.45, 2.75) is 36.7 Å². The van der Waals surface area contributed by atoms with Crippen LogP contribution < -0.4 is 0 Å². The molecule has 9 nitrogen and oxygen atoms in total. The van der Waals surface area contributed by atoms with Gasteiger partial charge in [0.1, 0.15) is 11.7 Å². The number of carbonyl (C=O) groups is 2. The molecule has 0 spiro atoms. The number of amides is 1. The SMILES string of the molecule is [N-]=[N+]=Nc1ccc2c(c1)S(=O)(=O)CC(C1C(=O)C3C([C@@H]4CC[C@H]3C4)N(Cc3ccc(F)cc3)C1=O)=N2. The normalized spacial score (nSPS) is 29.9. The van der Waals surface area contributed by atoms with Gasteiger partial charge in [0.05, 0.1) is 22.0 Å². The van der Waals surface area contributed by atoms with Crippen molar-refractivity contribution in [2.75, 3.05) is 5.75 Å². The zero-order valence-electron chi connectivity index (χ0n) is 19.1. The van der Waals surface area contributed by atoms with Gasteiger partial charge in [-0.05, 0) is 66.5 Å². The third-order valence-corrected chi connectivity index (χ3v) is 9.69. The number of ketones is 1. The molecule has 1 saturated heterocycles. The van der Waals surface area contributed by atoms with Crippen LogP contribution in [-0.2, 0) is 26.0 Å². The molecule has 36 heavy (non-hydrogen) atoms. The summed E-state index contributed by atoms with van der Waals surface area (Å²) in [5.74, 6) is -2.85. The summed E-state index contributed by atoms with van der Waals surface area (Å²) in [6, 6.07) is 9.80. The van der Waals surface area contributed by atoms with Crippen LogP contribution in [-0.4, -0.2) is 42.5 Å². The van der Waals surface area contributed by atoms with Gasteiger partial charge >= 0.3 is 0 Å². The molecule has 2 heterocycles. The first-order chi connectivity index (χ1) is 17.3. The molecule has 0 aromatic heterocycles. The molecule has 4 aliphatic rings. The second-order valence-corrected chi connectivity index (χ2v) is 11.9. The second kappa shape index (κ2) is 8.25. The van der Waals surface area contributed by atoms with Crippen molar-refractivity contribution in [3.63, 3.8) is 0 Å². The number of halogens is 1. The van der Waals surface area contributed by atoms with E-state index in [1.165, 1.54) is 30.3 Å². The molecular weight excluding hydrogens is 485 g/mol.